The Labute approximate surface area is 134 Å². The number of piperidine rings is 1. The van der Waals surface area contributed by atoms with Gasteiger partial charge in [0.25, 0.3) is 0 Å². The molecule has 2 N–H and O–H groups in total. The molecule has 1 aliphatic heterocycles. The van der Waals surface area contributed by atoms with Crippen molar-refractivity contribution in [2.45, 2.75) is 24.9 Å². The average Bonchev–Trinajstić information content (AvgIpc) is 2.49. The molecule has 2 atom stereocenters. The van der Waals surface area contributed by atoms with E-state index in [9.17, 15) is 14.0 Å². The zero-order chi connectivity index (χ0) is 17.0. The highest BCUT2D eigenvalue weighted by molar-refractivity contribution is 5.83. The first-order valence-electron chi connectivity index (χ1n) is 7.59. The monoisotopic (exact) mass is 323 g/mol. The number of halogens is 1. The minimum Gasteiger partial charge on any atom is -0.465 e. The van der Waals surface area contributed by atoms with Crippen LogP contribution in [0.5, 0.6) is 0 Å². The molecule has 2 amide bonds. The van der Waals surface area contributed by atoms with Crippen LogP contribution in [-0.4, -0.2) is 60.1 Å². The van der Waals surface area contributed by atoms with Gasteiger partial charge >= 0.3 is 6.09 Å². The first-order chi connectivity index (χ1) is 10.9. The molecule has 126 valence electrons. The minimum atomic E-state index is -1.08. The Morgan fingerprint density at radius 1 is 1.39 bits per heavy atom. The van der Waals surface area contributed by atoms with Crippen molar-refractivity contribution in [2.24, 2.45) is 0 Å². The Bertz CT molecular complexity index is 579. The maximum Gasteiger partial charge on any atom is 0.404 e. The normalized spacial score (nSPS) is 19.9. The molecule has 1 aromatic carbocycles. The van der Waals surface area contributed by atoms with Crippen LogP contribution < -0.4 is 5.32 Å². The van der Waals surface area contributed by atoms with E-state index in [0.29, 0.717) is 25.1 Å². The molecule has 2 unspecified atom stereocenters. The number of likely N-dealkylation sites (tertiary alicyclic amines) is 1. The fourth-order valence-corrected chi connectivity index (χ4v) is 2.96. The number of amides is 2. The summed E-state index contributed by atoms with van der Waals surface area (Å²) in [5.41, 5.74) is 0.321. The summed E-state index contributed by atoms with van der Waals surface area (Å²) < 4.78 is 14.2. The van der Waals surface area contributed by atoms with Gasteiger partial charge in [-0.15, -0.1) is 0 Å². The summed E-state index contributed by atoms with van der Waals surface area (Å²) in [6.45, 7) is 1.00. The molecule has 1 aliphatic rings. The number of rotatable bonds is 4. The molecule has 7 heteroatoms. The third kappa shape index (κ3) is 4.19. The SMILES string of the molecule is CN(C)C(=O)C(c1ccccc1F)N1CCCC(NC(=O)O)C1. The minimum absolute atomic E-state index is 0.217. The summed E-state index contributed by atoms with van der Waals surface area (Å²) in [6.07, 6.45) is 0.373. The largest absolute Gasteiger partial charge is 0.465 e. The Kier molecular flexibility index (Phi) is 5.54. The van der Waals surface area contributed by atoms with E-state index in [-0.39, 0.29) is 11.9 Å². The summed E-state index contributed by atoms with van der Waals surface area (Å²) in [7, 11) is 3.26. The van der Waals surface area contributed by atoms with E-state index < -0.39 is 18.0 Å². The summed E-state index contributed by atoms with van der Waals surface area (Å²) in [5, 5.41) is 11.3. The van der Waals surface area contributed by atoms with Crippen molar-refractivity contribution in [3.63, 3.8) is 0 Å². The van der Waals surface area contributed by atoms with Crippen molar-refractivity contribution in [2.75, 3.05) is 27.2 Å². The van der Waals surface area contributed by atoms with Crippen LogP contribution in [0.15, 0.2) is 24.3 Å². The lowest BCUT2D eigenvalue weighted by Gasteiger charge is -2.38. The van der Waals surface area contributed by atoms with Gasteiger partial charge in [0.1, 0.15) is 11.9 Å². The van der Waals surface area contributed by atoms with Crippen LogP contribution >= 0.6 is 0 Å². The third-order valence-corrected chi connectivity index (χ3v) is 4.02. The maximum absolute atomic E-state index is 14.2. The second-order valence-electron chi connectivity index (χ2n) is 5.94. The molecular weight excluding hydrogens is 301 g/mol. The van der Waals surface area contributed by atoms with Crippen molar-refractivity contribution in [3.05, 3.63) is 35.6 Å². The summed E-state index contributed by atoms with van der Waals surface area (Å²) >= 11 is 0. The van der Waals surface area contributed by atoms with E-state index >= 15 is 0 Å². The number of carbonyl (C=O) groups is 2. The van der Waals surface area contributed by atoms with Gasteiger partial charge < -0.3 is 15.3 Å². The molecule has 0 saturated carbocycles. The van der Waals surface area contributed by atoms with Gasteiger partial charge in [0.15, 0.2) is 0 Å². The fourth-order valence-electron chi connectivity index (χ4n) is 2.96. The van der Waals surface area contributed by atoms with Crippen molar-refractivity contribution >= 4 is 12.0 Å². The molecule has 0 radical (unpaired) electrons. The van der Waals surface area contributed by atoms with Crippen molar-refractivity contribution in [1.82, 2.24) is 15.1 Å². The van der Waals surface area contributed by atoms with Gasteiger partial charge in [-0.05, 0) is 25.5 Å². The van der Waals surface area contributed by atoms with Crippen LogP contribution in [0, 0.1) is 5.82 Å². The van der Waals surface area contributed by atoms with Gasteiger partial charge in [0.2, 0.25) is 5.91 Å². The number of carbonyl (C=O) groups excluding carboxylic acids is 1. The van der Waals surface area contributed by atoms with Crippen molar-refractivity contribution in [3.8, 4) is 0 Å². The Morgan fingerprint density at radius 2 is 2.09 bits per heavy atom. The summed E-state index contributed by atoms with van der Waals surface area (Å²) in [5.74, 6) is -0.646. The van der Waals surface area contributed by atoms with E-state index in [1.807, 2.05) is 4.90 Å². The second kappa shape index (κ2) is 7.41. The van der Waals surface area contributed by atoms with Crippen molar-refractivity contribution < 1.29 is 19.1 Å². The quantitative estimate of drug-likeness (QED) is 0.884. The van der Waals surface area contributed by atoms with Gasteiger partial charge in [-0.2, -0.15) is 0 Å². The van der Waals surface area contributed by atoms with Gasteiger partial charge in [0.05, 0.1) is 0 Å². The smallest absolute Gasteiger partial charge is 0.404 e. The Balaban J connectivity index is 2.28. The summed E-state index contributed by atoms with van der Waals surface area (Å²) in [4.78, 5) is 26.7. The molecular formula is C16H22FN3O3. The van der Waals surface area contributed by atoms with Gasteiger partial charge in [-0.1, -0.05) is 18.2 Å². The van der Waals surface area contributed by atoms with Gasteiger partial charge in [-0.25, -0.2) is 9.18 Å². The highest BCUT2D eigenvalue weighted by Crippen LogP contribution is 2.28. The molecule has 1 saturated heterocycles. The molecule has 6 nitrogen and oxygen atoms in total. The van der Waals surface area contributed by atoms with E-state index in [2.05, 4.69) is 5.32 Å². The number of carboxylic acid groups (broad SMARTS) is 1. The van der Waals surface area contributed by atoms with E-state index in [1.54, 1.807) is 32.3 Å². The number of nitrogens with zero attached hydrogens (tertiary/aromatic N) is 2. The standard InChI is InChI=1S/C16H22FN3O3/c1-19(2)15(21)14(12-7-3-4-8-13(12)17)20-9-5-6-11(10-20)18-16(22)23/h3-4,7-8,11,14,18H,5-6,9-10H2,1-2H3,(H,22,23). The zero-order valence-corrected chi connectivity index (χ0v) is 13.3. The van der Waals surface area contributed by atoms with E-state index in [0.717, 1.165) is 6.42 Å². The average molecular weight is 323 g/mol. The first-order valence-corrected chi connectivity index (χ1v) is 7.59. The van der Waals surface area contributed by atoms with Crippen LogP contribution in [0.3, 0.4) is 0 Å². The molecule has 0 aromatic heterocycles. The second-order valence-corrected chi connectivity index (χ2v) is 5.94. The van der Waals surface area contributed by atoms with Crippen LogP contribution in [0.1, 0.15) is 24.4 Å². The number of nitrogens with one attached hydrogen (secondary N) is 1. The number of benzene rings is 1. The lowest BCUT2D eigenvalue weighted by molar-refractivity contribution is -0.135. The van der Waals surface area contributed by atoms with E-state index in [4.69, 9.17) is 5.11 Å². The summed E-state index contributed by atoms with van der Waals surface area (Å²) in [6, 6.07) is 5.22. The molecule has 0 spiro atoms. The molecule has 1 aromatic rings. The molecule has 1 heterocycles. The van der Waals surface area contributed by atoms with Crippen LogP contribution in [0.4, 0.5) is 9.18 Å². The zero-order valence-electron chi connectivity index (χ0n) is 13.3. The predicted molar refractivity (Wildman–Crippen MR) is 83.6 cm³/mol. The number of likely N-dealkylation sites (N-methyl/N-ethyl adjacent to an activating group) is 1. The highest BCUT2D eigenvalue weighted by Gasteiger charge is 2.34. The van der Waals surface area contributed by atoms with Crippen LogP contribution in [0.25, 0.3) is 0 Å². The number of hydrogen-bond donors (Lipinski definition) is 2. The van der Waals surface area contributed by atoms with Gasteiger partial charge in [-0.3, -0.25) is 9.69 Å². The third-order valence-electron chi connectivity index (χ3n) is 4.02. The lowest BCUT2D eigenvalue weighted by Crippen LogP contribution is -2.51. The Hall–Kier alpha value is -2.15. The van der Waals surface area contributed by atoms with Crippen LogP contribution in [-0.2, 0) is 4.79 Å². The molecule has 1 fully saturated rings. The molecule has 2 rings (SSSR count). The molecule has 23 heavy (non-hydrogen) atoms. The maximum atomic E-state index is 14.2. The van der Waals surface area contributed by atoms with E-state index in [1.165, 1.54) is 11.0 Å². The first kappa shape index (κ1) is 17.2. The lowest BCUT2D eigenvalue weighted by atomic mass is 9.98. The van der Waals surface area contributed by atoms with Crippen molar-refractivity contribution in [1.29, 1.82) is 0 Å². The highest BCUT2D eigenvalue weighted by atomic mass is 19.1. The fraction of sp³-hybridized carbons (Fsp3) is 0.500. The molecule has 0 aliphatic carbocycles. The Morgan fingerprint density at radius 3 is 2.70 bits per heavy atom. The van der Waals surface area contributed by atoms with Crippen LogP contribution in [0.2, 0.25) is 0 Å². The molecule has 0 bridgehead atoms. The number of hydrogen-bond acceptors (Lipinski definition) is 3. The predicted octanol–water partition coefficient (Wildman–Crippen LogP) is 1.69. The topological polar surface area (TPSA) is 72.9 Å². The van der Waals surface area contributed by atoms with Gasteiger partial charge in [0, 0.05) is 32.2 Å².